The summed E-state index contributed by atoms with van der Waals surface area (Å²) in [7, 11) is 6.03. The molecule has 0 amide bonds. The Hall–Kier alpha value is -0.450. The molecule has 1 fully saturated rings. The second-order valence-corrected chi connectivity index (χ2v) is 5.06. The molecule has 0 aliphatic carbocycles. The molecule has 0 saturated carbocycles. The second kappa shape index (κ2) is 7.80. The van der Waals surface area contributed by atoms with Crippen LogP contribution >= 0.6 is 0 Å². The Morgan fingerprint density at radius 1 is 1.59 bits per heavy atom. The van der Waals surface area contributed by atoms with E-state index in [-0.39, 0.29) is 0 Å². The van der Waals surface area contributed by atoms with Crippen LogP contribution < -0.4 is 5.32 Å². The van der Waals surface area contributed by atoms with Crippen LogP contribution in [-0.4, -0.2) is 63.1 Å². The first-order valence-electron chi connectivity index (χ1n) is 6.60. The molecule has 0 aromatic rings. The van der Waals surface area contributed by atoms with Crippen molar-refractivity contribution in [1.82, 2.24) is 10.2 Å². The van der Waals surface area contributed by atoms with E-state index in [1.165, 1.54) is 6.42 Å². The minimum atomic E-state index is 0.309. The van der Waals surface area contributed by atoms with Crippen LogP contribution in [0.25, 0.3) is 0 Å². The van der Waals surface area contributed by atoms with E-state index >= 15 is 0 Å². The summed E-state index contributed by atoms with van der Waals surface area (Å²) < 4.78 is 0. The van der Waals surface area contributed by atoms with Gasteiger partial charge in [0.2, 0.25) is 0 Å². The van der Waals surface area contributed by atoms with Crippen molar-refractivity contribution in [3.63, 3.8) is 0 Å². The van der Waals surface area contributed by atoms with Crippen molar-refractivity contribution in [2.75, 3.05) is 40.8 Å². The highest BCUT2D eigenvalue weighted by atomic mass is 16.3. The van der Waals surface area contributed by atoms with Gasteiger partial charge in [0, 0.05) is 26.2 Å². The predicted molar refractivity (Wildman–Crippen MR) is 72.7 cm³/mol. The van der Waals surface area contributed by atoms with Gasteiger partial charge < -0.3 is 20.3 Å². The molecule has 0 radical (unpaired) electrons. The van der Waals surface area contributed by atoms with Crippen molar-refractivity contribution in [1.29, 1.82) is 0 Å². The smallest absolute Gasteiger partial charge is 0.0433 e. The van der Waals surface area contributed by atoms with Crippen molar-refractivity contribution in [3.8, 4) is 0 Å². The number of rotatable bonds is 6. The molecule has 3 unspecified atom stereocenters. The van der Waals surface area contributed by atoms with Gasteiger partial charge in [0.15, 0.2) is 0 Å². The van der Waals surface area contributed by atoms with Crippen LogP contribution in [0.4, 0.5) is 0 Å². The zero-order valence-electron chi connectivity index (χ0n) is 11.4. The molecule has 0 aromatic heterocycles. The quantitative estimate of drug-likeness (QED) is 0.670. The molecule has 3 atom stereocenters. The summed E-state index contributed by atoms with van der Waals surface area (Å²) in [4.78, 5) is 6.48. The third-order valence-corrected chi connectivity index (χ3v) is 3.94. The molecule has 1 aliphatic heterocycles. The average Bonchev–Trinajstić information content (AvgIpc) is 2.33. The SMILES string of the molecule is CN=CCC(NC)C1CN(C)CCC1CCO. The Balaban J connectivity index is 2.64. The van der Waals surface area contributed by atoms with Crippen LogP contribution in [0.1, 0.15) is 19.3 Å². The van der Waals surface area contributed by atoms with Gasteiger partial charge in [-0.1, -0.05) is 0 Å². The van der Waals surface area contributed by atoms with Gasteiger partial charge in [0.05, 0.1) is 0 Å². The number of piperidine rings is 1. The van der Waals surface area contributed by atoms with Crippen molar-refractivity contribution in [2.45, 2.75) is 25.3 Å². The Kier molecular flexibility index (Phi) is 6.70. The summed E-state index contributed by atoms with van der Waals surface area (Å²) in [5, 5.41) is 12.6. The van der Waals surface area contributed by atoms with E-state index in [1.807, 2.05) is 20.3 Å². The summed E-state index contributed by atoms with van der Waals surface area (Å²) in [5.74, 6) is 1.25. The maximum absolute atomic E-state index is 9.17. The van der Waals surface area contributed by atoms with E-state index in [9.17, 15) is 5.11 Å². The first-order chi connectivity index (χ1) is 8.22. The van der Waals surface area contributed by atoms with Crippen LogP contribution in [-0.2, 0) is 0 Å². The second-order valence-electron chi connectivity index (χ2n) is 5.06. The van der Waals surface area contributed by atoms with Crippen LogP contribution in [0.15, 0.2) is 4.99 Å². The largest absolute Gasteiger partial charge is 0.396 e. The number of aliphatic imine (C=N–C) groups is 1. The molecule has 0 bridgehead atoms. The molecule has 4 nitrogen and oxygen atoms in total. The number of aliphatic hydroxyl groups excluding tert-OH is 1. The molecule has 0 aromatic carbocycles. The molecule has 1 saturated heterocycles. The molecule has 2 N–H and O–H groups in total. The Bertz CT molecular complexity index is 233. The molecular weight excluding hydrogens is 214 g/mol. The predicted octanol–water partition coefficient (Wildman–Crippen LogP) is 0.615. The van der Waals surface area contributed by atoms with E-state index in [1.54, 1.807) is 0 Å². The van der Waals surface area contributed by atoms with Gasteiger partial charge in [-0.2, -0.15) is 0 Å². The zero-order valence-corrected chi connectivity index (χ0v) is 11.4. The number of likely N-dealkylation sites (tertiary alicyclic amines) is 1. The lowest BCUT2D eigenvalue weighted by molar-refractivity contribution is 0.0942. The topological polar surface area (TPSA) is 47.9 Å². The molecule has 4 heteroatoms. The van der Waals surface area contributed by atoms with Gasteiger partial charge in [0.25, 0.3) is 0 Å². The highest BCUT2D eigenvalue weighted by Crippen LogP contribution is 2.29. The average molecular weight is 241 g/mol. The molecular formula is C13H27N3O. The fraction of sp³-hybridized carbons (Fsp3) is 0.923. The summed E-state index contributed by atoms with van der Waals surface area (Å²) in [6.45, 7) is 2.58. The lowest BCUT2D eigenvalue weighted by Gasteiger charge is -2.40. The lowest BCUT2D eigenvalue weighted by Crippen LogP contribution is -2.48. The minimum Gasteiger partial charge on any atom is -0.396 e. The van der Waals surface area contributed by atoms with Gasteiger partial charge in [-0.05, 0) is 58.0 Å². The first kappa shape index (κ1) is 14.6. The lowest BCUT2D eigenvalue weighted by atomic mass is 9.78. The highest BCUT2D eigenvalue weighted by molar-refractivity contribution is 5.57. The Labute approximate surface area is 105 Å². The summed E-state index contributed by atoms with van der Waals surface area (Å²) in [5.41, 5.74) is 0. The van der Waals surface area contributed by atoms with E-state index in [0.29, 0.717) is 24.5 Å². The Morgan fingerprint density at radius 2 is 2.35 bits per heavy atom. The van der Waals surface area contributed by atoms with Crippen molar-refractivity contribution in [2.24, 2.45) is 16.8 Å². The molecule has 100 valence electrons. The number of hydrogen-bond acceptors (Lipinski definition) is 4. The van der Waals surface area contributed by atoms with E-state index in [0.717, 1.165) is 25.9 Å². The molecule has 0 spiro atoms. The Morgan fingerprint density at radius 3 is 2.94 bits per heavy atom. The van der Waals surface area contributed by atoms with Crippen molar-refractivity contribution in [3.05, 3.63) is 0 Å². The minimum absolute atomic E-state index is 0.309. The van der Waals surface area contributed by atoms with Crippen LogP contribution in [0.5, 0.6) is 0 Å². The molecule has 1 heterocycles. The van der Waals surface area contributed by atoms with E-state index in [2.05, 4.69) is 22.3 Å². The normalized spacial score (nSPS) is 28.7. The van der Waals surface area contributed by atoms with Crippen molar-refractivity contribution < 1.29 is 5.11 Å². The van der Waals surface area contributed by atoms with Gasteiger partial charge in [-0.15, -0.1) is 0 Å². The highest BCUT2D eigenvalue weighted by Gasteiger charge is 2.32. The van der Waals surface area contributed by atoms with Crippen molar-refractivity contribution >= 4 is 6.21 Å². The third-order valence-electron chi connectivity index (χ3n) is 3.94. The monoisotopic (exact) mass is 241 g/mol. The maximum Gasteiger partial charge on any atom is 0.0433 e. The molecule has 17 heavy (non-hydrogen) atoms. The third kappa shape index (κ3) is 4.37. The van der Waals surface area contributed by atoms with Crippen LogP contribution in [0, 0.1) is 11.8 Å². The van der Waals surface area contributed by atoms with E-state index < -0.39 is 0 Å². The summed E-state index contributed by atoms with van der Waals surface area (Å²) in [6, 6.07) is 0.470. The molecule has 1 aliphatic rings. The number of nitrogens with one attached hydrogen (secondary N) is 1. The van der Waals surface area contributed by atoms with Gasteiger partial charge in [-0.25, -0.2) is 0 Å². The zero-order chi connectivity index (χ0) is 12.7. The summed E-state index contributed by atoms with van der Waals surface area (Å²) >= 11 is 0. The maximum atomic E-state index is 9.17. The fourth-order valence-electron chi connectivity index (χ4n) is 2.91. The number of aliphatic hydroxyl groups is 1. The van der Waals surface area contributed by atoms with Gasteiger partial charge in [-0.3, -0.25) is 0 Å². The number of hydrogen-bond donors (Lipinski definition) is 2. The molecule has 1 rings (SSSR count). The van der Waals surface area contributed by atoms with Gasteiger partial charge >= 0.3 is 0 Å². The summed E-state index contributed by atoms with van der Waals surface area (Å²) in [6.07, 6.45) is 5.10. The number of nitrogens with zero attached hydrogens (tertiary/aromatic N) is 2. The van der Waals surface area contributed by atoms with E-state index in [4.69, 9.17) is 0 Å². The van der Waals surface area contributed by atoms with Crippen LogP contribution in [0.3, 0.4) is 0 Å². The van der Waals surface area contributed by atoms with Gasteiger partial charge in [0.1, 0.15) is 0 Å². The standard InChI is InChI=1S/C13H27N3O/c1-14-7-4-13(15-2)12-10-16(3)8-5-11(12)6-9-17/h7,11-13,15,17H,4-6,8-10H2,1-3H3. The fourth-order valence-corrected chi connectivity index (χ4v) is 2.91. The van der Waals surface area contributed by atoms with Crippen LogP contribution in [0.2, 0.25) is 0 Å². The first-order valence-corrected chi connectivity index (χ1v) is 6.60.